The van der Waals surface area contributed by atoms with Crippen LogP contribution in [0.5, 0.6) is 11.5 Å². The largest absolute Gasteiger partial charge is 0.493 e. The number of hydrazone groups is 1. The minimum atomic E-state index is -0.595. The van der Waals surface area contributed by atoms with Gasteiger partial charge in [-0.25, -0.2) is 5.43 Å². The van der Waals surface area contributed by atoms with Crippen LogP contribution in [0.4, 0.5) is 5.69 Å². The summed E-state index contributed by atoms with van der Waals surface area (Å²) in [5, 5.41) is 16.2. The molecule has 12 heteroatoms. The number of rotatable bonds is 11. The van der Waals surface area contributed by atoms with Crippen molar-refractivity contribution in [3.8, 4) is 17.6 Å². The minimum Gasteiger partial charge on any atom is -0.493 e. The number of halogens is 1. The third-order valence-electron chi connectivity index (χ3n) is 5.82. The molecular weight excluding hydrogens is 582 g/mol. The van der Waals surface area contributed by atoms with Gasteiger partial charge < -0.3 is 24.1 Å². The maximum absolute atomic E-state index is 12.8. The van der Waals surface area contributed by atoms with Crippen LogP contribution in [0.1, 0.15) is 27.9 Å². The Morgan fingerprint density at radius 1 is 1.12 bits per heavy atom. The molecule has 40 heavy (non-hydrogen) atoms. The van der Waals surface area contributed by atoms with Gasteiger partial charge in [-0.3, -0.25) is 14.4 Å². The quantitative estimate of drug-likeness (QED) is 0.250. The molecule has 3 rings (SSSR count). The SMILES string of the molecule is COCc1c(Br)c(C)n(CC(=O)N/N=C\c2ccc(OCC(=O)Nc3ccccc3C)c(OC)c2)c(=O)c1C#N. The number of methoxy groups -OCH3 is 2. The van der Waals surface area contributed by atoms with Crippen LogP contribution < -0.4 is 25.8 Å². The number of para-hydroxylation sites is 1. The van der Waals surface area contributed by atoms with Crippen molar-refractivity contribution in [2.24, 2.45) is 5.10 Å². The van der Waals surface area contributed by atoms with Crippen LogP contribution in [0.3, 0.4) is 0 Å². The summed E-state index contributed by atoms with van der Waals surface area (Å²) in [5.41, 5.74) is 4.81. The third-order valence-corrected chi connectivity index (χ3v) is 6.87. The summed E-state index contributed by atoms with van der Waals surface area (Å²) in [7, 11) is 2.92. The van der Waals surface area contributed by atoms with Crippen LogP contribution in [0.25, 0.3) is 0 Å². The summed E-state index contributed by atoms with van der Waals surface area (Å²) in [6.07, 6.45) is 1.39. The number of pyridine rings is 1. The van der Waals surface area contributed by atoms with E-state index in [2.05, 4.69) is 31.8 Å². The zero-order valence-corrected chi connectivity index (χ0v) is 24.0. The molecule has 11 nitrogen and oxygen atoms in total. The summed E-state index contributed by atoms with van der Waals surface area (Å²) in [4.78, 5) is 37.6. The molecule has 0 radical (unpaired) electrons. The second kappa shape index (κ2) is 14.1. The van der Waals surface area contributed by atoms with Gasteiger partial charge in [-0.05, 0) is 65.2 Å². The Kier molecular flexibility index (Phi) is 10.6. The fourth-order valence-corrected chi connectivity index (χ4v) is 4.26. The van der Waals surface area contributed by atoms with Gasteiger partial charge >= 0.3 is 0 Å². The van der Waals surface area contributed by atoms with E-state index in [0.717, 1.165) is 5.56 Å². The highest BCUT2D eigenvalue weighted by Crippen LogP contribution is 2.28. The Morgan fingerprint density at radius 3 is 2.55 bits per heavy atom. The smallest absolute Gasteiger partial charge is 0.269 e. The number of nitriles is 1. The molecule has 0 saturated carbocycles. The number of amides is 2. The van der Waals surface area contributed by atoms with Gasteiger partial charge in [0, 0.05) is 28.5 Å². The summed E-state index contributed by atoms with van der Waals surface area (Å²) in [6, 6.07) is 14.2. The molecule has 0 aliphatic heterocycles. The van der Waals surface area contributed by atoms with Crippen molar-refractivity contribution in [3.05, 3.63) is 85.2 Å². The van der Waals surface area contributed by atoms with Crippen LogP contribution in [-0.4, -0.2) is 43.4 Å². The number of carbonyl (C=O) groups excluding carboxylic acids is 2. The maximum atomic E-state index is 12.8. The van der Waals surface area contributed by atoms with Gasteiger partial charge in [0.05, 0.1) is 19.9 Å². The molecule has 0 fully saturated rings. The van der Waals surface area contributed by atoms with Crippen molar-refractivity contribution in [1.29, 1.82) is 5.26 Å². The van der Waals surface area contributed by atoms with Crippen LogP contribution in [0.15, 0.2) is 56.8 Å². The Labute approximate surface area is 239 Å². The first-order chi connectivity index (χ1) is 19.2. The van der Waals surface area contributed by atoms with Gasteiger partial charge in [0.25, 0.3) is 17.4 Å². The topological polar surface area (TPSA) is 144 Å². The number of nitrogens with one attached hydrogen (secondary N) is 2. The van der Waals surface area contributed by atoms with Crippen molar-refractivity contribution in [2.75, 3.05) is 26.1 Å². The molecule has 0 saturated heterocycles. The van der Waals surface area contributed by atoms with E-state index < -0.39 is 11.5 Å². The fraction of sp³-hybridized carbons (Fsp3) is 0.250. The summed E-state index contributed by atoms with van der Waals surface area (Å²) < 4.78 is 17.8. The van der Waals surface area contributed by atoms with Crippen molar-refractivity contribution in [2.45, 2.75) is 27.0 Å². The number of ether oxygens (including phenoxy) is 3. The van der Waals surface area contributed by atoms with E-state index in [0.29, 0.717) is 38.5 Å². The lowest BCUT2D eigenvalue weighted by molar-refractivity contribution is -0.121. The Bertz CT molecular complexity index is 1540. The minimum absolute atomic E-state index is 0.0742. The van der Waals surface area contributed by atoms with Crippen LogP contribution in [0.2, 0.25) is 0 Å². The first-order valence-corrected chi connectivity index (χ1v) is 12.8. The van der Waals surface area contributed by atoms with Crippen LogP contribution in [-0.2, 0) is 27.5 Å². The number of carbonyl (C=O) groups is 2. The summed E-state index contributed by atoms with van der Waals surface area (Å²) >= 11 is 3.39. The van der Waals surface area contributed by atoms with Gasteiger partial charge in [0.15, 0.2) is 18.1 Å². The van der Waals surface area contributed by atoms with Gasteiger partial charge in [-0.2, -0.15) is 10.4 Å². The molecule has 1 heterocycles. The number of hydrogen-bond acceptors (Lipinski definition) is 8. The van der Waals surface area contributed by atoms with E-state index in [1.54, 1.807) is 31.2 Å². The first-order valence-electron chi connectivity index (χ1n) is 12.0. The second-order valence-corrected chi connectivity index (χ2v) is 9.34. The monoisotopic (exact) mass is 609 g/mol. The zero-order valence-electron chi connectivity index (χ0n) is 22.4. The average molecular weight is 610 g/mol. The van der Waals surface area contributed by atoms with Gasteiger partial charge in [-0.15, -0.1) is 0 Å². The molecular formula is C28H28BrN5O6. The van der Waals surface area contributed by atoms with Crippen molar-refractivity contribution >= 4 is 39.6 Å². The van der Waals surface area contributed by atoms with E-state index in [4.69, 9.17) is 14.2 Å². The molecule has 3 aromatic rings. The Balaban J connectivity index is 1.63. The Hall–Kier alpha value is -4.47. The van der Waals surface area contributed by atoms with Crippen molar-refractivity contribution < 1.29 is 23.8 Å². The standard InChI is InChI=1S/C28H28BrN5O6/c1-17-7-5-6-8-22(17)32-26(36)16-40-23-10-9-19(11-24(23)39-4)13-31-33-25(35)14-34-18(2)27(29)21(15-38-3)20(12-30)28(34)37/h5-11,13H,14-16H2,1-4H3,(H,32,36)(H,33,35)/b31-13-. The maximum Gasteiger partial charge on any atom is 0.269 e. The van der Waals surface area contributed by atoms with Crippen LogP contribution >= 0.6 is 15.9 Å². The molecule has 0 bridgehead atoms. The predicted octanol–water partition coefficient (Wildman–Crippen LogP) is 3.42. The Morgan fingerprint density at radius 2 is 1.88 bits per heavy atom. The lowest BCUT2D eigenvalue weighted by Crippen LogP contribution is -2.33. The van der Waals surface area contributed by atoms with E-state index in [1.165, 1.54) is 25.0 Å². The lowest BCUT2D eigenvalue weighted by Gasteiger charge is -2.15. The first kappa shape index (κ1) is 30.1. The lowest BCUT2D eigenvalue weighted by atomic mass is 10.1. The number of benzene rings is 2. The summed E-state index contributed by atoms with van der Waals surface area (Å²) in [6.45, 7) is 3.06. The van der Waals surface area contributed by atoms with Gasteiger partial charge in [0.2, 0.25) is 0 Å². The number of hydrogen-bond donors (Lipinski definition) is 2. The number of anilines is 1. The van der Waals surface area contributed by atoms with Crippen LogP contribution in [0, 0.1) is 25.2 Å². The summed E-state index contributed by atoms with van der Waals surface area (Å²) in [5.74, 6) is -0.162. The fourth-order valence-electron chi connectivity index (χ4n) is 3.73. The van der Waals surface area contributed by atoms with Crippen molar-refractivity contribution in [1.82, 2.24) is 9.99 Å². The second-order valence-electron chi connectivity index (χ2n) is 8.54. The highest BCUT2D eigenvalue weighted by Gasteiger charge is 2.19. The molecule has 2 aromatic carbocycles. The zero-order chi connectivity index (χ0) is 29.2. The predicted molar refractivity (Wildman–Crippen MR) is 153 cm³/mol. The third kappa shape index (κ3) is 7.34. The van der Waals surface area contributed by atoms with Crippen molar-refractivity contribution in [3.63, 3.8) is 0 Å². The van der Waals surface area contributed by atoms with E-state index >= 15 is 0 Å². The van der Waals surface area contributed by atoms with E-state index in [9.17, 15) is 19.6 Å². The molecule has 0 aliphatic carbocycles. The van der Waals surface area contributed by atoms with E-state index in [1.807, 2.05) is 31.2 Å². The molecule has 0 unspecified atom stereocenters. The molecule has 208 valence electrons. The highest BCUT2D eigenvalue weighted by molar-refractivity contribution is 9.10. The molecule has 2 amide bonds. The molecule has 2 N–H and O–H groups in total. The van der Waals surface area contributed by atoms with E-state index in [-0.39, 0.29) is 31.2 Å². The molecule has 0 aliphatic rings. The number of aryl methyl sites for hydroxylation is 1. The van der Waals surface area contributed by atoms with Gasteiger partial charge in [0.1, 0.15) is 18.2 Å². The number of aromatic nitrogens is 1. The highest BCUT2D eigenvalue weighted by atomic mass is 79.9. The normalized spacial score (nSPS) is 10.7. The van der Waals surface area contributed by atoms with Gasteiger partial charge in [-0.1, -0.05) is 18.2 Å². The number of nitrogens with zero attached hydrogens (tertiary/aromatic N) is 3. The molecule has 1 aromatic heterocycles. The average Bonchev–Trinajstić information content (AvgIpc) is 2.94. The molecule has 0 atom stereocenters. The molecule has 0 spiro atoms.